The molecule has 0 aromatic carbocycles. The van der Waals surface area contributed by atoms with Crippen molar-refractivity contribution in [1.82, 2.24) is 5.32 Å². The first-order chi connectivity index (χ1) is 5.72. The molecule has 0 atom stereocenters. The van der Waals surface area contributed by atoms with Gasteiger partial charge in [-0.05, 0) is 12.2 Å². The molecular weight excluding hydrogens is 156 g/mol. The SMILES string of the molecule is NC(=O)NC1=CC=CC(=C=O)C1. The first-order valence-electron chi connectivity index (χ1n) is 3.40. The van der Waals surface area contributed by atoms with Gasteiger partial charge < -0.3 is 11.1 Å². The summed E-state index contributed by atoms with van der Waals surface area (Å²) in [5.74, 6) is 1.75. The van der Waals surface area contributed by atoms with E-state index in [1.807, 2.05) is 0 Å². The van der Waals surface area contributed by atoms with Crippen LogP contribution in [0.5, 0.6) is 0 Å². The molecule has 12 heavy (non-hydrogen) atoms. The zero-order chi connectivity index (χ0) is 8.97. The third-order valence-corrected chi connectivity index (χ3v) is 1.39. The largest absolute Gasteiger partial charge is 0.351 e. The van der Waals surface area contributed by atoms with Crippen LogP contribution < -0.4 is 11.1 Å². The van der Waals surface area contributed by atoms with Crippen LogP contribution in [0.15, 0.2) is 29.5 Å². The van der Waals surface area contributed by atoms with Crippen molar-refractivity contribution in [2.75, 3.05) is 0 Å². The average Bonchev–Trinajstić information content (AvgIpc) is 2.03. The Balaban J connectivity index is 2.69. The predicted octanol–water partition coefficient (Wildman–Crippen LogP) is 0.257. The van der Waals surface area contributed by atoms with Gasteiger partial charge in [-0.2, -0.15) is 0 Å². The highest BCUT2D eigenvalue weighted by Crippen LogP contribution is 2.12. The molecule has 0 spiro atoms. The van der Waals surface area contributed by atoms with E-state index in [2.05, 4.69) is 5.32 Å². The highest BCUT2D eigenvalue weighted by molar-refractivity contribution is 5.74. The zero-order valence-electron chi connectivity index (χ0n) is 6.33. The molecule has 0 bridgehead atoms. The summed E-state index contributed by atoms with van der Waals surface area (Å²) in [6.45, 7) is 0. The molecule has 0 radical (unpaired) electrons. The fourth-order valence-corrected chi connectivity index (χ4v) is 0.918. The summed E-state index contributed by atoms with van der Waals surface area (Å²) in [7, 11) is 0. The van der Waals surface area contributed by atoms with Gasteiger partial charge in [0.2, 0.25) is 0 Å². The molecule has 0 aliphatic heterocycles. The molecule has 1 aliphatic rings. The Morgan fingerprint density at radius 2 is 2.42 bits per heavy atom. The molecule has 0 aromatic rings. The molecule has 0 saturated heterocycles. The summed E-state index contributed by atoms with van der Waals surface area (Å²) in [6.07, 6.45) is 5.36. The highest BCUT2D eigenvalue weighted by Gasteiger charge is 2.05. The predicted molar refractivity (Wildman–Crippen MR) is 43.8 cm³/mol. The van der Waals surface area contributed by atoms with Crippen LogP contribution in [-0.2, 0) is 4.79 Å². The molecule has 0 saturated carbocycles. The number of nitrogens with one attached hydrogen (secondary N) is 1. The lowest BCUT2D eigenvalue weighted by Gasteiger charge is -2.08. The lowest BCUT2D eigenvalue weighted by molar-refractivity contribution is 0.251. The number of allylic oxidation sites excluding steroid dienone is 4. The maximum atomic E-state index is 10.4. The van der Waals surface area contributed by atoms with Gasteiger partial charge in [0.1, 0.15) is 5.94 Å². The number of nitrogens with two attached hydrogens (primary N) is 1. The Morgan fingerprint density at radius 3 is 3.00 bits per heavy atom. The Kier molecular flexibility index (Phi) is 2.46. The van der Waals surface area contributed by atoms with Gasteiger partial charge in [0.05, 0.1) is 0 Å². The molecular formula is C8H8N2O2. The molecule has 2 amide bonds. The molecule has 0 aromatic heterocycles. The summed E-state index contributed by atoms with van der Waals surface area (Å²) in [5, 5.41) is 2.40. The molecule has 62 valence electrons. The number of hydrogen-bond acceptors (Lipinski definition) is 2. The van der Waals surface area contributed by atoms with Crippen LogP contribution in [0.4, 0.5) is 4.79 Å². The minimum absolute atomic E-state index is 0.378. The van der Waals surface area contributed by atoms with Gasteiger partial charge in [-0.15, -0.1) is 0 Å². The van der Waals surface area contributed by atoms with Crippen LogP contribution in [0, 0.1) is 0 Å². The van der Waals surface area contributed by atoms with E-state index < -0.39 is 6.03 Å². The summed E-state index contributed by atoms with van der Waals surface area (Å²) >= 11 is 0. The monoisotopic (exact) mass is 164 g/mol. The normalized spacial score (nSPS) is 15.0. The second-order valence-electron chi connectivity index (χ2n) is 2.34. The number of amides is 2. The third kappa shape index (κ3) is 2.11. The molecule has 4 heteroatoms. The lowest BCUT2D eigenvalue weighted by atomic mass is 10.1. The fraction of sp³-hybridized carbons (Fsp3) is 0.125. The summed E-state index contributed by atoms with van der Waals surface area (Å²) in [5.41, 5.74) is 6.00. The molecule has 1 rings (SSSR count). The number of hydrogen-bond donors (Lipinski definition) is 2. The molecule has 4 nitrogen and oxygen atoms in total. The van der Waals surface area contributed by atoms with Crippen molar-refractivity contribution in [3.8, 4) is 0 Å². The van der Waals surface area contributed by atoms with E-state index in [0.717, 1.165) is 0 Å². The minimum atomic E-state index is -0.623. The molecule has 0 fully saturated rings. The van der Waals surface area contributed by atoms with Crippen LogP contribution in [0.3, 0.4) is 0 Å². The third-order valence-electron chi connectivity index (χ3n) is 1.39. The standard InChI is InChI=1S/C8H8N2O2/c9-8(12)10-7-3-1-2-6(4-7)5-11/h1-3H,4H2,(H3,9,10,12). The van der Waals surface area contributed by atoms with E-state index in [4.69, 9.17) is 5.73 Å². The maximum Gasteiger partial charge on any atom is 0.316 e. The van der Waals surface area contributed by atoms with Crippen LogP contribution in [0.2, 0.25) is 0 Å². The smallest absolute Gasteiger partial charge is 0.316 e. The minimum Gasteiger partial charge on any atom is -0.351 e. The maximum absolute atomic E-state index is 10.4. The van der Waals surface area contributed by atoms with Crippen LogP contribution >= 0.6 is 0 Å². The summed E-state index contributed by atoms with van der Waals surface area (Å²) in [4.78, 5) is 20.6. The van der Waals surface area contributed by atoms with Gasteiger partial charge in [0, 0.05) is 17.7 Å². The fourth-order valence-electron chi connectivity index (χ4n) is 0.918. The van der Waals surface area contributed by atoms with Crippen molar-refractivity contribution in [2.45, 2.75) is 6.42 Å². The number of primary amides is 1. The summed E-state index contributed by atoms with van der Waals surface area (Å²) in [6, 6.07) is -0.623. The van der Waals surface area contributed by atoms with Gasteiger partial charge in [-0.3, -0.25) is 0 Å². The number of urea groups is 1. The Labute approximate surface area is 69.4 Å². The van der Waals surface area contributed by atoms with Gasteiger partial charge in [-0.1, -0.05) is 6.08 Å². The second-order valence-corrected chi connectivity index (χ2v) is 2.34. The number of rotatable bonds is 1. The van der Waals surface area contributed by atoms with Crippen molar-refractivity contribution >= 4 is 12.0 Å². The van der Waals surface area contributed by atoms with E-state index in [-0.39, 0.29) is 0 Å². The average molecular weight is 164 g/mol. The lowest BCUT2D eigenvalue weighted by Crippen LogP contribution is -2.29. The van der Waals surface area contributed by atoms with Gasteiger partial charge in [0.25, 0.3) is 0 Å². The van der Waals surface area contributed by atoms with Crippen molar-refractivity contribution in [2.24, 2.45) is 5.73 Å². The number of carbonyl (C=O) groups excluding carboxylic acids is 2. The highest BCUT2D eigenvalue weighted by atomic mass is 16.2. The topological polar surface area (TPSA) is 72.2 Å². The van der Waals surface area contributed by atoms with E-state index in [1.165, 1.54) is 0 Å². The number of carbonyl (C=O) groups is 1. The van der Waals surface area contributed by atoms with Gasteiger partial charge in [0.15, 0.2) is 0 Å². The van der Waals surface area contributed by atoms with Crippen molar-refractivity contribution in [3.05, 3.63) is 29.5 Å². The quantitative estimate of drug-likeness (QED) is 0.545. The van der Waals surface area contributed by atoms with Gasteiger partial charge >= 0.3 is 6.03 Å². The Bertz CT molecular complexity index is 309. The first-order valence-corrected chi connectivity index (χ1v) is 3.40. The Hall–Kier alpha value is -1.80. The summed E-state index contributed by atoms with van der Waals surface area (Å²) < 4.78 is 0. The second kappa shape index (κ2) is 3.55. The zero-order valence-corrected chi connectivity index (χ0v) is 6.33. The van der Waals surface area contributed by atoms with Crippen LogP contribution in [0.1, 0.15) is 6.42 Å². The van der Waals surface area contributed by atoms with Crippen LogP contribution in [-0.4, -0.2) is 12.0 Å². The van der Waals surface area contributed by atoms with E-state index in [1.54, 1.807) is 24.2 Å². The van der Waals surface area contributed by atoms with E-state index in [9.17, 15) is 9.59 Å². The molecule has 0 heterocycles. The molecule has 1 aliphatic carbocycles. The van der Waals surface area contributed by atoms with Crippen molar-refractivity contribution in [3.63, 3.8) is 0 Å². The first kappa shape index (κ1) is 8.30. The van der Waals surface area contributed by atoms with Crippen LogP contribution in [0.25, 0.3) is 0 Å². The molecule has 3 N–H and O–H groups in total. The van der Waals surface area contributed by atoms with Crippen molar-refractivity contribution in [1.29, 1.82) is 0 Å². The molecule has 0 unspecified atom stereocenters. The van der Waals surface area contributed by atoms with Crippen molar-refractivity contribution < 1.29 is 9.59 Å². The Morgan fingerprint density at radius 1 is 1.67 bits per heavy atom. The van der Waals surface area contributed by atoms with E-state index >= 15 is 0 Å². The van der Waals surface area contributed by atoms with Gasteiger partial charge in [-0.25, -0.2) is 9.59 Å². The van der Waals surface area contributed by atoms with E-state index in [0.29, 0.717) is 17.7 Å².